The Kier molecular flexibility index (Phi) is 5.00. The van der Waals surface area contributed by atoms with Gasteiger partial charge in [-0.1, -0.05) is 12.1 Å². The fourth-order valence-corrected chi connectivity index (χ4v) is 4.07. The van der Waals surface area contributed by atoms with Gasteiger partial charge >= 0.3 is 6.03 Å². The monoisotopic (exact) mass is 333 g/mol. The minimum atomic E-state index is -0.000100. The van der Waals surface area contributed by atoms with Crippen LogP contribution in [0.1, 0.15) is 6.42 Å². The quantitative estimate of drug-likeness (QED) is 0.919. The molecule has 2 aromatic rings. The Morgan fingerprint density at radius 3 is 3.23 bits per heavy atom. The lowest BCUT2D eigenvalue weighted by Crippen LogP contribution is -2.33. The van der Waals surface area contributed by atoms with Crippen LogP contribution in [0.25, 0.3) is 10.6 Å². The molecule has 3 rings (SSSR count). The van der Waals surface area contributed by atoms with Crippen molar-refractivity contribution in [3.8, 4) is 10.6 Å². The summed E-state index contributed by atoms with van der Waals surface area (Å²) in [5, 5.41) is 5.93. The number of anilines is 1. The van der Waals surface area contributed by atoms with Gasteiger partial charge in [0.2, 0.25) is 0 Å². The predicted octanol–water partition coefficient (Wildman–Crippen LogP) is 4.03. The second-order valence-corrected chi connectivity index (χ2v) is 7.21. The molecular weight excluding hydrogens is 314 g/mol. The summed E-state index contributed by atoms with van der Waals surface area (Å²) < 4.78 is 0. The van der Waals surface area contributed by atoms with Gasteiger partial charge in [-0.2, -0.15) is 11.8 Å². The summed E-state index contributed by atoms with van der Waals surface area (Å²) in [5.74, 6) is 1.76. The number of carbonyl (C=O) groups excluding carboxylic acids is 1. The van der Waals surface area contributed by atoms with Crippen LogP contribution in [0.4, 0.5) is 10.5 Å². The first-order valence-corrected chi connectivity index (χ1v) is 9.58. The fourth-order valence-electron chi connectivity index (χ4n) is 2.69. The number of thioether (sulfide) groups is 1. The third-order valence-electron chi connectivity index (χ3n) is 3.77. The molecule has 0 bridgehead atoms. The minimum absolute atomic E-state index is 0.000100. The third kappa shape index (κ3) is 3.62. The second-order valence-electron chi connectivity index (χ2n) is 5.40. The van der Waals surface area contributed by atoms with E-state index in [2.05, 4.69) is 16.6 Å². The molecule has 0 aliphatic carbocycles. The van der Waals surface area contributed by atoms with Crippen LogP contribution in [0.5, 0.6) is 0 Å². The number of amides is 2. The van der Waals surface area contributed by atoms with Gasteiger partial charge < -0.3 is 10.2 Å². The van der Waals surface area contributed by atoms with E-state index < -0.39 is 0 Å². The van der Waals surface area contributed by atoms with Crippen LogP contribution in [0.2, 0.25) is 0 Å². The maximum absolute atomic E-state index is 12.4. The molecule has 0 saturated carbocycles. The maximum Gasteiger partial charge on any atom is 0.321 e. The molecule has 1 aliphatic heterocycles. The molecule has 0 radical (unpaired) electrons. The number of nitrogens with one attached hydrogen (secondary N) is 1. The van der Waals surface area contributed by atoms with Crippen LogP contribution < -0.4 is 5.32 Å². The molecule has 1 aliphatic rings. The lowest BCUT2D eigenvalue weighted by Gasteiger charge is -2.17. The number of likely N-dealkylation sites (tertiary alicyclic amines) is 1. The van der Waals surface area contributed by atoms with E-state index in [1.165, 1.54) is 0 Å². The van der Waals surface area contributed by atoms with Crippen molar-refractivity contribution in [3.05, 3.63) is 35.8 Å². The molecule has 116 valence electrons. The number of hydrogen-bond acceptors (Lipinski definition) is 4. The Labute approximate surface area is 138 Å². The van der Waals surface area contributed by atoms with Crippen molar-refractivity contribution in [2.24, 2.45) is 5.92 Å². The summed E-state index contributed by atoms with van der Waals surface area (Å²) in [5.41, 5.74) is 1.86. The van der Waals surface area contributed by atoms with Crippen molar-refractivity contribution in [3.63, 3.8) is 0 Å². The molecule has 1 atom stereocenters. The van der Waals surface area contributed by atoms with Gasteiger partial charge in [0, 0.05) is 35.9 Å². The Morgan fingerprint density at radius 1 is 1.55 bits per heavy atom. The first kappa shape index (κ1) is 15.4. The molecule has 2 heterocycles. The zero-order valence-electron chi connectivity index (χ0n) is 12.5. The molecule has 1 N–H and O–H groups in total. The summed E-state index contributed by atoms with van der Waals surface area (Å²) in [7, 11) is 0. The van der Waals surface area contributed by atoms with Crippen molar-refractivity contribution in [1.82, 2.24) is 9.88 Å². The first-order valence-electron chi connectivity index (χ1n) is 7.31. The average molecular weight is 333 g/mol. The van der Waals surface area contributed by atoms with Crippen LogP contribution in [0.3, 0.4) is 0 Å². The predicted molar refractivity (Wildman–Crippen MR) is 94.6 cm³/mol. The van der Waals surface area contributed by atoms with Crippen molar-refractivity contribution >= 4 is 34.8 Å². The van der Waals surface area contributed by atoms with Crippen molar-refractivity contribution < 1.29 is 4.79 Å². The number of carbonyl (C=O) groups is 1. The van der Waals surface area contributed by atoms with E-state index in [0.717, 1.165) is 41.5 Å². The average Bonchev–Trinajstić information content (AvgIpc) is 3.19. The maximum atomic E-state index is 12.4. The Morgan fingerprint density at radius 2 is 2.45 bits per heavy atom. The van der Waals surface area contributed by atoms with Gasteiger partial charge in [-0.25, -0.2) is 9.78 Å². The van der Waals surface area contributed by atoms with Gasteiger partial charge in [-0.05, 0) is 36.5 Å². The minimum Gasteiger partial charge on any atom is -0.324 e. The number of hydrogen-bond donors (Lipinski definition) is 1. The highest BCUT2D eigenvalue weighted by Crippen LogP contribution is 2.25. The summed E-state index contributed by atoms with van der Waals surface area (Å²) in [4.78, 5) is 18.6. The van der Waals surface area contributed by atoms with Crippen molar-refractivity contribution in [1.29, 1.82) is 0 Å². The van der Waals surface area contributed by atoms with Crippen LogP contribution in [0, 0.1) is 5.92 Å². The first-order chi connectivity index (χ1) is 10.8. The topological polar surface area (TPSA) is 45.2 Å². The van der Waals surface area contributed by atoms with Gasteiger partial charge in [0.05, 0.1) is 0 Å². The van der Waals surface area contributed by atoms with Gasteiger partial charge in [0.25, 0.3) is 0 Å². The summed E-state index contributed by atoms with van der Waals surface area (Å²) in [6.07, 6.45) is 5.02. The van der Waals surface area contributed by atoms with E-state index in [1.807, 2.05) is 46.3 Å². The van der Waals surface area contributed by atoms with Crippen LogP contribution in [-0.2, 0) is 0 Å². The van der Waals surface area contributed by atoms with Crippen LogP contribution in [0.15, 0.2) is 35.8 Å². The van der Waals surface area contributed by atoms with Gasteiger partial charge in [0.1, 0.15) is 5.01 Å². The Hall–Kier alpha value is -1.53. The second kappa shape index (κ2) is 7.15. The van der Waals surface area contributed by atoms with Crippen LogP contribution >= 0.6 is 23.1 Å². The number of benzene rings is 1. The molecule has 1 aromatic heterocycles. The highest BCUT2D eigenvalue weighted by Gasteiger charge is 2.25. The highest BCUT2D eigenvalue weighted by molar-refractivity contribution is 7.98. The molecule has 6 heteroatoms. The smallest absolute Gasteiger partial charge is 0.321 e. The standard InChI is InChI=1S/C16H19N3OS2/c1-21-11-12-5-7-19(10-12)16(20)18-14-4-2-3-13(9-14)15-17-6-8-22-15/h2-4,6,8-9,12H,5,7,10-11H2,1H3,(H,18,20)/t12-/m0/s1. The van der Waals surface area contributed by atoms with E-state index in [0.29, 0.717) is 5.92 Å². The van der Waals surface area contributed by atoms with E-state index in [-0.39, 0.29) is 6.03 Å². The molecule has 22 heavy (non-hydrogen) atoms. The van der Waals surface area contributed by atoms with E-state index >= 15 is 0 Å². The van der Waals surface area contributed by atoms with E-state index in [4.69, 9.17) is 0 Å². The Balaban J connectivity index is 1.64. The molecule has 0 spiro atoms. The Bertz CT molecular complexity index is 630. The third-order valence-corrected chi connectivity index (χ3v) is 5.40. The van der Waals surface area contributed by atoms with E-state index in [1.54, 1.807) is 17.5 Å². The molecule has 1 saturated heterocycles. The lowest BCUT2D eigenvalue weighted by atomic mass is 10.2. The largest absolute Gasteiger partial charge is 0.324 e. The number of aromatic nitrogens is 1. The summed E-state index contributed by atoms with van der Waals surface area (Å²) in [6.45, 7) is 1.71. The van der Waals surface area contributed by atoms with Gasteiger partial charge in [0.15, 0.2) is 0 Å². The summed E-state index contributed by atoms with van der Waals surface area (Å²) >= 11 is 3.45. The molecule has 1 aromatic carbocycles. The molecular formula is C16H19N3OS2. The van der Waals surface area contributed by atoms with Crippen molar-refractivity contribution in [2.75, 3.05) is 30.4 Å². The number of rotatable bonds is 4. The zero-order chi connectivity index (χ0) is 15.4. The molecule has 2 amide bonds. The van der Waals surface area contributed by atoms with Gasteiger partial charge in [-0.15, -0.1) is 11.3 Å². The van der Waals surface area contributed by atoms with Gasteiger partial charge in [-0.3, -0.25) is 0 Å². The lowest BCUT2D eigenvalue weighted by molar-refractivity contribution is 0.221. The molecule has 4 nitrogen and oxygen atoms in total. The number of urea groups is 1. The highest BCUT2D eigenvalue weighted by atomic mass is 32.2. The fraction of sp³-hybridized carbons (Fsp3) is 0.375. The van der Waals surface area contributed by atoms with Crippen LogP contribution in [-0.4, -0.2) is 41.0 Å². The number of thiazole rings is 1. The molecule has 0 unspecified atom stereocenters. The zero-order valence-corrected chi connectivity index (χ0v) is 14.1. The van der Waals surface area contributed by atoms with Crippen molar-refractivity contribution in [2.45, 2.75) is 6.42 Å². The molecule has 1 fully saturated rings. The normalized spacial score (nSPS) is 17.7. The summed E-state index contributed by atoms with van der Waals surface area (Å²) in [6, 6.07) is 7.86. The SMILES string of the molecule is CSC[C@H]1CCN(C(=O)Nc2cccc(-c3nccs3)c2)C1. The number of nitrogens with zero attached hydrogens (tertiary/aromatic N) is 2. The van der Waals surface area contributed by atoms with E-state index in [9.17, 15) is 4.79 Å².